The van der Waals surface area contributed by atoms with Crippen molar-refractivity contribution in [3.63, 3.8) is 0 Å². The van der Waals surface area contributed by atoms with E-state index >= 15 is 0 Å². The summed E-state index contributed by atoms with van der Waals surface area (Å²) in [6.07, 6.45) is 4.72. The molecule has 0 spiro atoms. The van der Waals surface area contributed by atoms with Gasteiger partial charge in [0.05, 0.1) is 7.11 Å². The number of hydrogen-bond acceptors (Lipinski definition) is 3. The fourth-order valence-corrected chi connectivity index (χ4v) is 1.93. The van der Waals surface area contributed by atoms with Gasteiger partial charge in [-0.3, -0.25) is 4.79 Å². The lowest BCUT2D eigenvalue weighted by Crippen LogP contribution is -2.21. The lowest BCUT2D eigenvalue weighted by atomic mass is 9.83. The molecule has 14 heavy (non-hydrogen) atoms. The summed E-state index contributed by atoms with van der Waals surface area (Å²) in [5.41, 5.74) is 0.653. The summed E-state index contributed by atoms with van der Waals surface area (Å²) in [6.45, 7) is 1.81. The number of ether oxygens (including phenoxy) is 1. The van der Waals surface area contributed by atoms with E-state index in [-0.39, 0.29) is 17.7 Å². The fourth-order valence-electron chi connectivity index (χ4n) is 1.93. The monoisotopic (exact) mass is 196 g/mol. The topological polar surface area (TPSA) is 43.4 Å². The molecule has 1 aliphatic carbocycles. The number of esters is 1. The van der Waals surface area contributed by atoms with Crippen LogP contribution in [0, 0.1) is 5.92 Å². The molecule has 1 aliphatic rings. The highest BCUT2D eigenvalue weighted by Gasteiger charge is 2.26. The minimum atomic E-state index is -0.299. The van der Waals surface area contributed by atoms with Crippen molar-refractivity contribution in [2.24, 2.45) is 5.92 Å². The first kappa shape index (κ1) is 11.0. The first-order valence-electron chi connectivity index (χ1n) is 4.95. The minimum absolute atomic E-state index is 0.0775. The Hall–Kier alpha value is -1.12. The van der Waals surface area contributed by atoms with Crippen LogP contribution < -0.4 is 0 Å². The molecule has 3 heteroatoms. The zero-order valence-electron chi connectivity index (χ0n) is 8.71. The molecule has 0 heterocycles. The van der Waals surface area contributed by atoms with Gasteiger partial charge in [-0.2, -0.15) is 0 Å². The third-order valence-electron chi connectivity index (χ3n) is 2.65. The average Bonchev–Trinajstić information content (AvgIpc) is 2.19. The number of Topliss-reactive ketones (excluding diaryl/α,β-unsaturated/α-hetero) is 1. The van der Waals surface area contributed by atoms with Gasteiger partial charge in [-0.05, 0) is 25.7 Å². The number of carbonyl (C=O) groups is 2. The molecule has 1 atom stereocenters. The maximum absolute atomic E-state index is 11.3. The molecule has 0 unspecified atom stereocenters. The number of ketones is 1. The molecular weight excluding hydrogens is 180 g/mol. The van der Waals surface area contributed by atoms with Crippen LogP contribution in [0.1, 0.15) is 32.6 Å². The van der Waals surface area contributed by atoms with E-state index < -0.39 is 0 Å². The van der Waals surface area contributed by atoms with Crippen molar-refractivity contribution in [2.75, 3.05) is 7.11 Å². The van der Waals surface area contributed by atoms with Gasteiger partial charge in [-0.1, -0.05) is 6.08 Å². The highest BCUT2D eigenvalue weighted by Crippen LogP contribution is 2.28. The average molecular weight is 196 g/mol. The van der Waals surface area contributed by atoms with Crippen LogP contribution in [0.3, 0.4) is 0 Å². The van der Waals surface area contributed by atoms with Crippen molar-refractivity contribution >= 4 is 11.8 Å². The second-order valence-electron chi connectivity index (χ2n) is 3.57. The Balaban J connectivity index is 2.70. The van der Waals surface area contributed by atoms with Crippen molar-refractivity contribution < 1.29 is 14.3 Å². The summed E-state index contributed by atoms with van der Waals surface area (Å²) in [7, 11) is 1.37. The van der Waals surface area contributed by atoms with E-state index in [0.717, 1.165) is 12.8 Å². The van der Waals surface area contributed by atoms with Gasteiger partial charge in [0.25, 0.3) is 0 Å². The smallest absolute Gasteiger partial charge is 0.333 e. The van der Waals surface area contributed by atoms with Crippen molar-refractivity contribution in [3.8, 4) is 0 Å². The lowest BCUT2D eigenvalue weighted by molar-refractivity contribution is -0.137. The molecule has 78 valence electrons. The SMILES string of the molecule is C/C=C(/C(=O)OC)[C@@H]1CCCC(=O)C1. The first-order valence-corrected chi connectivity index (χ1v) is 4.95. The molecule has 0 N–H and O–H groups in total. The molecule has 0 aliphatic heterocycles. The largest absolute Gasteiger partial charge is 0.466 e. The summed E-state index contributed by atoms with van der Waals surface area (Å²) in [6, 6.07) is 0. The Labute approximate surface area is 84.1 Å². The normalized spacial score (nSPS) is 23.4. The van der Waals surface area contributed by atoms with Gasteiger partial charge in [0, 0.05) is 18.4 Å². The molecule has 0 aromatic rings. The Bertz CT molecular complexity index is 266. The van der Waals surface area contributed by atoms with E-state index in [1.165, 1.54) is 7.11 Å². The van der Waals surface area contributed by atoms with Gasteiger partial charge in [0.1, 0.15) is 5.78 Å². The third kappa shape index (κ3) is 2.44. The van der Waals surface area contributed by atoms with E-state index in [4.69, 9.17) is 0 Å². The molecule has 0 saturated heterocycles. The number of carbonyl (C=O) groups excluding carboxylic acids is 2. The maximum atomic E-state index is 11.3. The van der Waals surface area contributed by atoms with Crippen molar-refractivity contribution in [2.45, 2.75) is 32.6 Å². The van der Waals surface area contributed by atoms with Crippen LogP contribution in [0.25, 0.3) is 0 Å². The quantitative estimate of drug-likeness (QED) is 0.500. The van der Waals surface area contributed by atoms with Crippen molar-refractivity contribution in [1.82, 2.24) is 0 Å². The molecular formula is C11H16O3. The van der Waals surface area contributed by atoms with Crippen LogP contribution in [0.15, 0.2) is 11.6 Å². The van der Waals surface area contributed by atoms with Crippen LogP contribution in [0.2, 0.25) is 0 Å². The number of allylic oxidation sites excluding steroid dienone is 1. The van der Waals surface area contributed by atoms with Crippen molar-refractivity contribution in [3.05, 3.63) is 11.6 Å². The van der Waals surface area contributed by atoms with E-state index in [9.17, 15) is 9.59 Å². The molecule has 0 amide bonds. The number of methoxy groups -OCH3 is 1. The highest BCUT2D eigenvalue weighted by molar-refractivity contribution is 5.90. The van der Waals surface area contributed by atoms with E-state index in [2.05, 4.69) is 4.74 Å². The van der Waals surface area contributed by atoms with Gasteiger partial charge in [0.2, 0.25) is 0 Å². The predicted molar refractivity (Wildman–Crippen MR) is 52.7 cm³/mol. The number of rotatable bonds is 2. The zero-order chi connectivity index (χ0) is 10.6. The van der Waals surface area contributed by atoms with Crippen LogP contribution in [-0.4, -0.2) is 18.9 Å². The Morgan fingerprint density at radius 1 is 1.57 bits per heavy atom. The molecule has 0 aromatic carbocycles. The van der Waals surface area contributed by atoms with E-state index in [1.54, 1.807) is 6.08 Å². The third-order valence-corrected chi connectivity index (χ3v) is 2.65. The van der Waals surface area contributed by atoms with Crippen LogP contribution >= 0.6 is 0 Å². The summed E-state index contributed by atoms with van der Waals surface area (Å²) in [5.74, 6) is 0.0328. The second-order valence-corrected chi connectivity index (χ2v) is 3.57. The summed E-state index contributed by atoms with van der Waals surface area (Å²) in [4.78, 5) is 22.6. The highest BCUT2D eigenvalue weighted by atomic mass is 16.5. The molecule has 0 aromatic heterocycles. The lowest BCUT2D eigenvalue weighted by Gasteiger charge is -2.21. The molecule has 0 bridgehead atoms. The molecule has 0 radical (unpaired) electrons. The van der Waals surface area contributed by atoms with Gasteiger partial charge in [-0.25, -0.2) is 4.79 Å². The van der Waals surface area contributed by atoms with Crippen molar-refractivity contribution in [1.29, 1.82) is 0 Å². The summed E-state index contributed by atoms with van der Waals surface area (Å²) < 4.78 is 4.67. The summed E-state index contributed by atoms with van der Waals surface area (Å²) >= 11 is 0. The maximum Gasteiger partial charge on any atom is 0.333 e. The standard InChI is InChI=1S/C11H16O3/c1-3-10(11(13)14-2)8-5-4-6-9(12)7-8/h3,8H,4-7H2,1-2H3/b10-3+/t8-/m1/s1. The molecule has 1 saturated carbocycles. The first-order chi connectivity index (χ1) is 6.69. The Morgan fingerprint density at radius 2 is 2.29 bits per heavy atom. The van der Waals surface area contributed by atoms with Gasteiger partial charge >= 0.3 is 5.97 Å². The Morgan fingerprint density at radius 3 is 2.79 bits per heavy atom. The molecule has 1 fully saturated rings. The number of hydrogen-bond donors (Lipinski definition) is 0. The predicted octanol–water partition coefficient (Wildman–Crippen LogP) is 1.86. The Kier molecular flexibility index (Phi) is 3.86. The second kappa shape index (κ2) is 4.94. The summed E-state index contributed by atoms with van der Waals surface area (Å²) in [5, 5.41) is 0. The van der Waals surface area contributed by atoms with E-state index in [1.807, 2.05) is 6.92 Å². The van der Waals surface area contributed by atoms with Crippen LogP contribution in [-0.2, 0) is 14.3 Å². The van der Waals surface area contributed by atoms with Gasteiger partial charge in [0.15, 0.2) is 0 Å². The van der Waals surface area contributed by atoms with Crippen LogP contribution in [0.4, 0.5) is 0 Å². The zero-order valence-corrected chi connectivity index (χ0v) is 8.71. The van der Waals surface area contributed by atoms with Gasteiger partial charge < -0.3 is 4.74 Å². The van der Waals surface area contributed by atoms with Crippen LogP contribution in [0.5, 0.6) is 0 Å². The van der Waals surface area contributed by atoms with E-state index in [0.29, 0.717) is 18.4 Å². The minimum Gasteiger partial charge on any atom is -0.466 e. The molecule has 1 rings (SSSR count). The van der Waals surface area contributed by atoms with Gasteiger partial charge in [-0.15, -0.1) is 0 Å². The molecule has 3 nitrogen and oxygen atoms in total. The fraction of sp³-hybridized carbons (Fsp3) is 0.636.